The highest BCUT2D eigenvalue weighted by Gasteiger charge is 2.53. The lowest BCUT2D eigenvalue weighted by atomic mass is 10.1. The lowest BCUT2D eigenvalue weighted by Gasteiger charge is -2.32. The molecule has 42 heavy (non-hydrogen) atoms. The summed E-state index contributed by atoms with van der Waals surface area (Å²) in [7, 11) is 0. The van der Waals surface area contributed by atoms with Crippen molar-refractivity contribution in [3.05, 3.63) is 77.7 Å². The van der Waals surface area contributed by atoms with Crippen molar-refractivity contribution in [2.45, 2.75) is 63.1 Å². The number of hydrogen-bond donors (Lipinski definition) is 2. The smallest absolute Gasteiger partial charge is 0.384 e. The van der Waals surface area contributed by atoms with E-state index in [0.717, 1.165) is 59.5 Å². The molecule has 11 heteroatoms. The van der Waals surface area contributed by atoms with Gasteiger partial charge >= 0.3 is 6.18 Å². The number of unbranched alkanes of at least 4 members (excludes halogenated alkanes) is 3. The molecule has 2 aromatic heterocycles. The fraction of sp³-hybridized carbons (Fsp3) is 0.452. The zero-order chi connectivity index (χ0) is 31.2. The zero-order valence-corrected chi connectivity index (χ0v) is 25.7. The van der Waals surface area contributed by atoms with Crippen molar-refractivity contribution in [3.8, 4) is 0 Å². The Kier molecular flexibility index (Phi) is 14.6. The van der Waals surface area contributed by atoms with Crippen LogP contribution in [0.1, 0.15) is 51.6 Å². The lowest BCUT2D eigenvalue weighted by Crippen LogP contribution is -2.46. The van der Waals surface area contributed by atoms with Gasteiger partial charge in [0.25, 0.3) is 5.91 Å². The van der Waals surface area contributed by atoms with Gasteiger partial charge in [-0.15, -0.1) is 36.5 Å². The first-order valence-corrected chi connectivity index (χ1v) is 15.6. The Hall–Kier alpha value is -2.82. The summed E-state index contributed by atoms with van der Waals surface area (Å²) in [6, 6.07) is 6.72. The van der Waals surface area contributed by atoms with Crippen LogP contribution < -0.4 is 15.9 Å². The van der Waals surface area contributed by atoms with E-state index in [4.69, 9.17) is 11.6 Å². The van der Waals surface area contributed by atoms with E-state index in [1.54, 1.807) is 25.3 Å². The van der Waals surface area contributed by atoms with Crippen LogP contribution in [-0.2, 0) is 10.5 Å². The topological polar surface area (TPSA) is 78.4 Å². The molecule has 1 aliphatic heterocycles. The quantitative estimate of drug-likeness (QED) is 0.158. The molecule has 0 spiro atoms. The molecular formula is C31H40ClF3N4O2S. The van der Waals surface area contributed by atoms with E-state index in [9.17, 15) is 23.1 Å². The lowest BCUT2D eigenvalue weighted by molar-refractivity contribution is -0.147. The van der Waals surface area contributed by atoms with Crippen LogP contribution >= 0.6 is 23.4 Å². The number of nitrogens with zero attached hydrogens (tertiary/aromatic N) is 3. The van der Waals surface area contributed by atoms with Crippen LogP contribution in [-0.4, -0.2) is 62.0 Å². The van der Waals surface area contributed by atoms with E-state index >= 15 is 0 Å². The standard InChI is InChI=1S/C29H36ClF3N4O2S.C2H4/c1-3-11-21-23(13-15-30)35-18-14-24(21)34-16-8-5-6-10-19-37-27(38)22(26(40-4-2)29(31,32)33)20-28(37,39)25-12-7-9-17-36-25;1-2/h7,9,11-14,17-18,20,26,34,39H,3-6,8,10,15-16,19H2,1-2H3;1-2H2/b21-11+,23-13+;. The molecule has 230 valence electrons. The minimum atomic E-state index is -4.62. The molecule has 2 N–H and O–H groups in total. The molecule has 0 aliphatic carbocycles. The molecule has 0 radical (unpaired) electrons. The van der Waals surface area contributed by atoms with Gasteiger partial charge < -0.3 is 15.3 Å². The van der Waals surface area contributed by atoms with Crippen molar-refractivity contribution in [2.24, 2.45) is 0 Å². The van der Waals surface area contributed by atoms with Gasteiger partial charge in [0.1, 0.15) is 5.25 Å². The summed E-state index contributed by atoms with van der Waals surface area (Å²) in [5, 5.41) is 14.8. The van der Waals surface area contributed by atoms with Gasteiger partial charge in [0.2, 0.25) is 5.72 Å². The van der Waals surface area contributed by atoms with Crippen LogP contribution in [0.4, 0.5) is 18.9 Å². The highest BCUT2D eigenvalue weighted by atomic mass is 35.5. The molecule has 2 atom stereocenters. The monoisotopic (exact) mass is 624 g/mol. The Morgan fingerprint density at radius 2 is 1.86 bits per heavy atom. The third-order valence-electron chi connectivity index (χ3n) is 6.54. The number of thioether (sulfide) groups is 1. The predicted octanol–water partition coefficient (Wildman–Crippen LogP) is 5.76. The van der Waals surface area contributed by atoms with E-state index in [1.807, 2.05) is 12.1 Å². The second-order valence-electron chi connectivity index (χ2n) is 9.34. The number of anilines is 1. The number of aromatic nitrogens is 2. The number of alkyl halides is 4. The second kappa shape index (κ2) is 17.3. The number of pyridine rings is 2. The van der Waals surface area contributed by atoms with Crippen LogP contribution in [0.3, 0.4) is 0 Å². The number of aliphatic hydroxyl groups is 1. The largest absolute Gasteiger partial charge is 0.404 e. The highest BCUT2D eigenvalue weighted by Crippen LogP contribution is 2.43. The Bertz CT molecular complexity index is 1290. The molecule has 2 aromatic rings. The van der Waals surface area contributed by atoms with E-state index < -0.39 is 28.6 Å². The SMILES string of the molecule is C=C.CC/C=c1/c(NCCCCCCN2C(=O)C(C(SCC)C(F)(F)F)=CC2(O)c2ccccn2)ccn/c1=C/CCl. The van der Waals surface area contributed by atoms with E-state index in [2.05, 4.69) is 41.4 Å². The van der Waals surface area contributed by atoms with E-state index in [1.165, 1.54) is 12.3 Å². The maximum absolute atomic E-state index is 13.8. The van der Waals surface area contributed by atoms with Crippen molar-refractivity contribution < 1.29 is 23.1 Å². The molecule has 0 saturated heterocycles. The Balaban J connectivity index is 0.00000301. The molecule has 1 amide bonds. The number of nitrogens with one attached hydrogen (secondary N) is 1. The van der Waals surface area contributed by atoms with Crippen molar-refractivity contribution >= 4 is 47.1 Å². The minimum absolute atomic E-state index is 0.109. The van der Waals surface area contributed by atoms with Crippen LogP contribution in [0.2, 0.25) is 0 Å². The number of rotatable bonds is 14. The van der Waals surface area contributed by atoms with Crippen molar-refractivity contribution in [1.82, 2.24) is 14.9 Å². The molecule has 3 rings (SSSR count). The second-order valence-corrected chi connectivity index (χ2v) is 11.0. The molecule has 6 nitrogen and oxygen atoms in total. The van der Waals surface area contributed by atoms with Crippen molar-refractivity contribution in [1.29, 1.82) is 0 Å². The van der Waals surface area contributed by atoms with Gasteiger partial charge in [0.15, 0.2) is 0 Å². The molecule has 2 unspecified atom stereocenters. The number of hydrogen-bond acceptors (Lipinski definition) is 6. The summed E-state index contributed by atoms with van der Waals surface area (Å²) in [6.45, 7) is 10.5. The Labute approximate surface area is 255 Å². The summed E-state index contributed by atoms with van der Waals surface area (Å²) in [5.74, 6) is -0.254. The van der Waals surface area contributed by atoms with Gasteiger partial charge in [-0.2, -0.15) is 13.2 Å². The summed E-state index contributed by atoms with van der Waals surface area (Å²) in [4.78, 5) is 22.9. The molecule has 0 aromatic carbocycles. The zero-order valence-electron chi connectivity index (χ0n) is 24.2. The molecule has 0 fully saturated rings. The first-order valence-electron chi connectivity index (χ1n) is 14.0. The van der Waals surface area contributed by atoms with Gasteiger partial charge in [-0.3, -0.25) is 14.8 Å². The third-order valence-corrected chi connectivity index (χ3v) is 7.88. The van der Waals surface area contributed by atoms with Gasteiger partial charge in [-0.25, -0.2) is 0 Å². The van der Waals surface area contributed by atoms with Crippen LogP contribution in [0.5, 0.6) is 0 Å². The van der Waals surface area contributed by atoms with Gasteiger partial charge in [0, 0.05) is 47.8 Å². The Morgan fingerprint density at radius 3 is 2.48 bits per heavy atom. The van der Waals surface area contributed by atoms with Gasteiger partial charge in [0.05, 0.1) is 11.0 Å². The fourth-order valence-corrected chi connectivity index (χ4v) is 5.73. The highest BCUT2D eigenvalue weighted by molar-refractivity contribution is 8.00. The molecular weight excluding hydrogens is 585 g/mol. The normalized spacial score (nSPS) is 18.5. The maximum Gasteiger partial charge on any atom is 0.404 e. The fourth-order valence-electron chi connectivity index (χ4n) is 4.72. The van der Waals surface area contributed by atoms with Crippen LogP contribution in [0.25, 0.3) is 12.2 Å². The average Bonchev–Trinajstić information content (AvgIpc) is 3.23. The summed E-state index contributed by atoms with van der Waals surface area (Å²) in [5.41, 5.74) is -1.37. The summed E-state index contributed by atoms with van der Waals surface area (Å²) < 4.78 is 41.5. The first-order chi connectivity index (χ1) is 20.2. The van der Waals surface area contributed by atoms with Crippen LogP contribution in [0, 0.1) is 0 Å². The van der Waals surface area contributed by atoms with E-state index in [0.29, 0.717) is 24.1 Å². The van der Waals surface area contributed by atoms with Gasteiger partial charge in [-0.05, 0) is 55.4 Å². The first kappa shape index (κ1) is 35.4. The predicted molar refractivity (Wildman–Crippen MR) is 168 cm³/mol. The molecule has 3 heterocycles. The Morgan fingerprint density at radius 1 is 1.12 bits per heavy atom. The third kappa shape index (κ3) is 9.09. The van der Waals surface area contributed by atoms with Gasteiger partial charge in [-0.1, -0.05) is 38.8 Å². The summed E-state index contributed by atoms with van der Waals surface area (Å²) in [6.07, 6.45) is 7.40. The van der Waals surface area contributed by atoms with Crippen molar-refractivity contribution in [3.63, 3.8) is 0 Å². The molecule has 0 saturated carbocycles. The molecule has 0 bridgehead atoms. The van der Waals surface area contributed by atoms with Crippen LogP contribution in [0.15, 0.2) is 61.5 Å². The average molecular weight is 625 g/mol. The number of halogens is 4. The number of amides is 1. The molecule has 1 aliphatic rings. The number of carbonyl (C=O) groups is 1. The summed E-state index contributed by atoms with van der Waals surface area (Å²) >= 11 is 6.51. The maximum atomic E-state index is 13.8. The number of carbonyl (C=O) groups excluding carboxylic acids is 1. The van der Waals surface area contributed by atoms with Crippen molar-refractivity contribution in [2.75, 3.05) is 30.0 Å². The van der Waals surface area contributed by atoms with E-state index in [-0.39, 0.29) is 18.0 Å². The minimum Gasteiger partial charge on any atom is -0.384 e.